The number of hydrogen-bond donors (Lipinski definition) is 4. The number of H-pyrrole nitrogens is 2. The molecule has 0 radical (unpaired) electrons. The van der Waals surface area contributed by atoms with Crippen LogP contribution in [0.25, 0.3) is 44.5 Å². The summed E-state index contributed by atoms with van der Waals surface area (Å²) in [6, 6.07) is 10.4. The molecule has 0 unspecified atom stereocenters. The van der Waals surface area contributed by atoms with Crippen molar-refractivity contribution >= 4 is 31.8 Å². The topological polar surface area (TPSA) is 128 Å². The van der Waals surface area contributed by atoms with Gasteiger partial charge in [-0.3, -0.25) is 15.1 Å². The summed E-state index contributed by atoms with van der Waals surface area (Å²) in [6.07, 6.45) is 6.70. The molecule has 1 saturated heterocycles. The number of piperidine rings is 1. The molecule has 1 fully saturated rings. The van der Waals surface area contributed by atoms with Crippen LogP contribution in [-0.4, -0.2) is 52.9 Å². The largest absolute Gasteiger partial charge is 0.353 e. The number of aromatic nitrogens is 5. The van der Waals surface area contributed by atoms with Crippen LogP contribution in [-0.2, 0) is 16.6 Å². The Hall–Kier alpha value is -3.67. The van der Waals surface area contributed by atoms with Crippen LogP contribution in [0, 0.1) is 5.82 Å². The van der Waals surface area contributed by atoms with Crippen molar-refractivity contribution in [2.45, 2.75) is 25.3 Å². The molecular formula is C26H26FN7O2S. The molecule has 0 saturated carbocycles. The number of halogens is 1. The van der Waals surface area contributed by atoms with Crippen LogP contribution in [0.3, 0.4) is 0 Å². The first-order valence-corrected chi connectivity index (χ1v) is 14.0. The Morgan fingerprint density at radius 2 is 1.84 bits per heavy atom. The number of fused-ring (bicyclic) bond motifs is 2. The second kappa shape index (κ2) is 9.33. The van der Waals surface area contributed by atoms with Crippen molar-refractivity contribution in [3.8, 4) is 22.6 Å². The van der Waals surface area contributed by atoms with Crippen LogP contribution >= 0.6 is 0 Å². The molecule has 0 spiro atoms. The standard InChI is InChI=1S/C26H26FN7O2S/c1-37(35,36)31-13-15-8-17(10-18(27)9-15)25-19-12-23(32-21(19)4-7-29-25)26-20-11-22(16-2-5-28-6-3-16)30-14-24(20)33-34-26/h4,7-12,14,16,28,31-32H,2-3,5-6,13H2,1H3,(H,33,34). The quantitative estimate of drug-likeness (QED) is 0.270. The Bertz CT molecular complexity index is 1720. The lowest BCUT2D eigenvalue weighted by Crippen LogP contribution is -2.27. The number of rotatable bonds is 6. The Kier molecular flexibility index (Phi) is 5.98. The molecule has 0 bridgehead atoms. The second-order valence-electron chi connectivity index (χ2n) is 9.50. The summed E-state index contributed by atoms with van der Waals surface area (Å²) in [5, 5.41) is 12.9. The van der Waals surface area contributed by atoms with E-state index < -0.39 is 15.8 Å². The Morgan fingerprint density at radius 1 is 1.03 bits per heavy atom. The molecule has 5 aromatic rings. The van der Waals surface area contributed by atoms with Gasteiger partial charge in [0.1, 0.15) is 11.5 Å². The molecule has 11 heteroatoms. The number of nitrogens with one attached hydrogen (secondary N) is 4. The first-order valence-electron chi connectivity index (χ1n) is 12.1. The minimum absolute atomic E-state index is 0.00928. The number of sulfonamides is 1. The van der Waals surface area contributed by atoms with E-state index in [1.807, 2.05) is 18.3 Å². The smallest absolute Gasteiger partial charge is 0.209 e. The minimum atomic E-state index is -3.41. The van der Waals surface area contributed by atoms with E-state index in [2.05, 4.69) is 41.3 Å². The van der Waals surface area contributed by atoms with Crippen LogP contribution in [0.4, 0.5) is 4.39 Å². The normalized spacial score (nSPS) is 15.1. The lowest BCUT2D eigenvalue weighted by Gasteiger charge is -2.22. The monoisotopic (exact) mass is 519 g/mol. The molecule has 190 valence electrons. The van der Waals surface area contributed by atoms with E-state index in [0.29, 0.717) is 22.7 Å². The maximum atomic E-state index is 14.5. The zero-order chi connectivity index (χ0) is 25.6. The highest BCUT2D eigenvalue weighted by Gasteiger charge is 2.20. The summed E-state index contributed by atoms with van der Waals surface area (Å²) >= 11 is 0. The fourth-order valence-corrected chi connectivity index (χ4v) is 5.42. The van der Waals surface area contributed by atoms with E-state index in [-0.39, 0.29) is 6.54 Å². The van der Waals surface area contributed by atoms with Crippen molar-refractivity contribution < 1.29 is 12.8 Å². The van der Waals surface area contributed by atoms with Crippen molar-refractivity contribution in [3.05, 3.63) is 65.9 Å². The second-order valence-corrected chi connectivity index (χ2v) is 11.3. The van der Waals surface area contributed by atoms with Crippen LogP contribution < -0.4 is 10.0 Å². The highest BCUT2D eigenvalue weighted by Crippen LogP contribution is 2.34. The number of aromatic amines is 2. The average Bonchev–Trinajstić information content (AvgIpc) is 3.51. The van der Waals surface area contributed by atoms with Crippen LogP contribution in [0.2, 0.25) is 0 Å². The van der Waals surface area contributed by atoms with E-state index in [1.165, 1.54) is 12.1 Å². The molecule has 4 N–H and O–H groups in total. The van der Waals surface area contributed by atoms with Gasteiger partial charge in [0.2, 0.25) is 10.0 Å². The predicted molar refractivity (Wildman–Crippen MR) is 141 cm³/mol. The fraction of sp³-hybridized carbons (Fsp3) is 0.269. The molecule has 4 aromatic heterocycles. The van der Waals surface area contributed by atoms with E-state index in [0.717, 1.165) is 71.1 Å². The molecular weight excluding hydrogens is 493 g/mol. The summed E-state index contributed by atoms with van der Waals surface area (Å²) in [4.78, 5) is 12.6. The molecule has 0 amide bonds. The van der Waals surface area contributed by atoms with Crippen molar-refractivity contribution in [1.82, 2.24) is 35.2 Å². The number of pyridine rings is 2. The summed E-state index contributed by atoms with van der Waals surface area (Å²) in [7, 11) is -3.41. The molecule has 37 heavy (non-hydrogen) atoms. The van der Waals surface area contributed by atoms with Gasteiger partial charge in [0.05, 0.1) is 29.4 Å². The van der Waals surface area contributed by atoms with Gasteiger partial charge in [-0.25, -0.2) is 17.5 Å². The third-order valence-corrected chi connectivity index (χ3v) is 7.47. The van der Waals surface area contributed by atoms with Gasteiger partial charge in [-0.15, -0.1) is 0 Å². The molecule has 1 aliphatic rings. The van der Waals surface area contributed by atoms with Gasteiger partial charge in [0.15, 0.2) is 0 Å². The third kappa shape index (κ3) is 4.85. The van der Waals surface area contributed by atoms with Gasteiger partial charge in [-0.1, -0.05) is 0 Å². The van der Waals surface area contributed by atoms with Crippen LogP contribution in [0.5, 0.6) is 0 Å². The van der Waals surface area contributed by atoms with Gasteiger partial charge in [0, 0.05) is 46.2 Å². The summed E-state index contributed by atoms with van der Waals surface area (Å²) < 4.78 is 39.9. The Labute approximate surface area is 213 Å². The number of hydrogen-bond acceptors (Lipinski definition) is 6. The van der Waals surface area contributed by atoms with Gasteiger partial charge in [0.25, 0.3) is 0 Å². The molecule has 5 heterocycles. The van der Waals surface area contributed by atoms with Crippen molar-refractivity contribution in [3.63, 3.8) is 0 Å². The molecule has 9 nitrogen and oxygen atoms in total. The van der Waals surface area contributed by atoms with E-state index in [4.69, 9.17) is 0 Å². The fourth-order valence-electron chi connectivity index (χ4n) is 4.99. The Morgan fingerprint density at radius 3 is 2.65 bits per heavy atom. The van der Waals surface area contributed by atoms with Crippen LogP contribution in [0.15, 0.2) is 48.8 Å². The first-order chi connectivity index (χ1) is 17.8. The Balaban J connectivity index is 1.40. The number of benzene rings is 1. The maximum Gasteiger partial charge on any atom is 0.209 e. The van der Waals surface area contributed by atoms with Crippen molar-refractivity contribution in [2.75, 3.05) is 19.3 Å². The van der Waals surface area contributed by atoms with Gasteiger partial charge in [-0.05, 0) is 67.9 Å². The molecule has 0 aliphatic carbocycles. The zero-order valence-corrected chi connectivity index (χ0v) is 21.0. The van der Waals surface area contributed by atoms with E-state index in [1.54, 1.807) is 12.3 Å². The minimum Gasteiger partial charge on any atom is -0.353 e. The zero-order valence-electron chi connectivity index (χ0n) is 20.2. The summed E-state index contributed by atoms with van der Waals surface area (Å²) in [6.45, 7) is 1.98. The predicted octanol–water partition coefficient (Wildman–Crippen LogP) is 3.82. The molecule has 1 aliphatic heterocycles. The summed E-state index contributed by atoms with van der Waals surface area (Å²) in [5.74, 6) is -0.0418. The van der Waals surface area contributed by atoms with Crippen molar-refractivity contribution in [1.29, 1.82) is 0 Å². The highest BCUT2D eigenvalue weighted by atomic mass is 32.2. The molecule has 0 atom stereocenters. The molecule has 6 rings (SSSR count). The van der Waals surface area contributed by atoms with Gasteiger partial charge in [-0.2, -0.15) is 5.10 Å². The molecule has 1 aromatic carbocycles. The third-order valence-electron chi connectivity index (χ3n) is 6.80. The highest BCUT2D eigenvalue weighted by molar-refractivity contribution is 7.88. The van der Waals surface area contributed by atoms with E-state index in [9.17, 15) is 12.8 Å². The lowest BCUT2D eigenvalue weighted by molar-refractivity contribution is 0.453. The number of nitrogens with zero attached hydrogens (tertiary/aromatic N) is 3. The van der Waals surface area contributed by atoms with Gasteiger partial charge < -0.3 is 10.3 Å². The maximum absolute atomic E-state index is 14.5. The van der Waals surface area contributed by atoms with Crippen LogP contribution in [0.1, 0.15) is 30.0 Å². The first kappa shape index (κ1) is 23.7. The average molecular weight is 520 g/mol. The van der Waals surface area contributed by atoms with Crippen molar-refractivity contribution in [2.24, 2.45) is 0 Å². The summed E-state index contributed by atoms with van der Waals surface area (Å²) in [5.41, 5.74) is 6.03. The lowest BCUT2D eigenvalue weighted by atomic mass is 9.93. The SMILES string of the molecule is CS(=O)(=O)NCc1cc(F)cc(-c2nccc3[nH]c(-c4n[nH]c5cnc(C6CCNCC6)cc45)cc23)c1. The van der Waals surface area contributed by atoms with E-state index >= 15 is 0 Å². The van der Waals surface area contributed by atoms with Gasteiger partial charge >= 0.3 is 0 Å².